The molecule has 3 aromatic rings. The Bertz CT molecular complexity index is 1090. The Morgan fingerprint density at radius 1 is 1.21 bits per heavy atom. The highest BCUT2D eigenvalue weighted by molar-refractivity contribution is 5.98. The molecule has 144 valence electrons. The summed E-state index contributed by atoms with van der Waals surface area (Å²) < 4.78 is 8.70. The molecule has 1 heterocycles. The van der Waals surface area contributed by atoms with Crippen LogP contribution in [0.25, 0.3) is 5.69 Å². The third-order valence-corrected chi connectivity index (χ3v) is 5.12. The maximum atomic E-state index is 12.4. The van der Waals surface area contributed by atoms with E-state index in [2.05, 4.69) is 21.5 Å². The molecule has 0 aliphatic heterocycles. The van der Waals surface area contributed by atoms with Crippen molar-refractivity contribution in [2.45, 2.75) is 32.3 Å². The number of benzene rings is 2. The van der Waals surface area contributed by atoms with Crippen LogP contribution in [-0.2, 0) is 13.7 Å². The minimum atomic E-state index is -0.272. The van der Waals surface area contributed by atoms with Gasteiger partial charge in [0, 0.05) is 25.4 Å². The lowest BCUT2D eigenvalue weighted by Gasteiger charge is -2.15. The number of aliphatic imine (C=N–C) groups is 1. The lowest BCUT2D eigenvalue weighted by Crippen LogP contribution is -2.23. The van der Waals surface area contributed by atoms with Gasteiger partial charge in [0.1, 0.15) is 12.4 Å². The fourth-order valence-electron chi connectivity index (χ4n) is 3.28. The highest BCUT2D eigenvalue weighted by Gasteiger charge is 2.28. The molecule has 0 N–H and O–H groups in total. The fourth-order valence-corrected chi connectivity index (χ4v) is 3.28. The molecule has 7 heteroatoms. The van der Waals surface area contributed by atoms with Gasteiger partial charge in [0.2, 0.25) is 0 Å². The molecule has 0 unspecified atom stereocenters. The van der Waals surface area contributed by atoms with E-state index < -0.39 is 0 Å². The van der Waals surface area contributed by atoms with Crippen molar-refractivity contribution < 1.29 is 4.74 Å². The molecule has 1 aromatic heterocycles. The first kappa shape index (κ1) is 18.2. The Morgan fingerprint density at radius 3 is 2.68 bits per heavy atom. The van der Waals surface area contributed by atoms with Gasteiger partial charge in [-0.25, -0.2) is 4.79 Å². The Hall–Kier alpha value is -3.22. The largest absolute Gasteiger partial charge is 0.489 e. The second-order valence-corrected chi connectivity index (χ2v) is 7.04. The predicted molar refractivity (Wildman–Crippen MR) is 107 cm³/mol. The van der Waals surface area contributed by atoms with Gasteiger partial charge in [0.05, 0.1) is 5.69 Å². The van der Waals surface area contributed by atoms with E-state index in [1.54, 1.807) is 14.1 Å². The summed E-state index contributed by atoms with van der Waals surface area (Å²) in [6, 6.07) is 13.9. The molecule has 1 aliphatic carbocycles. The zero-order chi connectivity index (χ0) is 19.7. The van der Waals surface area contributed by atoms with Crippen LogP contribution in [0.4, 0.5) is 0 Å². The van der Waals surface area contributed by atoms with Gasteiger partial charge in [-0.15, -0.1) is 0 Å². The van der Waals surface area contributed by atoms with Gasteiger partial charge < -0.3 is 4.74 Å². The first-order valence-electron chi connectivity index (χ1n) is 9.36. The molecule has 0 atom stereocenters. The summed E-state index contributed by atoms with van der Waals surface area (Å²) in [6.45, 7) is 2.33. The Balaban J connectivity index is 1.69. The molecule has 1 saturated carbocycles. The van der Waals surface area contributed by atoms with Gasteiger partial charge >= 0.3 is 5.69 Å². The first-order chi connectivity index (χ1) is 13.6. The molecule has 28 heavy (non-hydrogen) atoms. The molecule has 0 spiro atoms. The first-order valence-corrected chi connectivity index (χ1v) is 9.36. The minimum absolute atomic E-state index is 0.272. The lowest BCUT2D eigenvalue weighted by molar-refractivity contribution is 0.304. The van der Waals surface area contributed by atoms with Gasteiger partial charge in [0.25, 0.3) is 0 Å². The van der Waals surface area contributed by atoms with E-state index in [-0.39, 0.29) is 5.69 Å². The molecule has 0 radical (unpaired) electrons. The van der Waals surface area contributed by atoms with Crippen LogP contribution in [0, 0.1) is 0 Å². The molecule has 0 amide bonds. The van der Waals surface area contributed by atoms with Gasteiger partial charge in [-0.2, -0.15) is 9.36 Å². The molecule has 0 saturated heterocycles. The van der Waals surface area contributed by atoms with Crippen LogP contribution in [0.15, 0.2) is 52.3 Å². The SMILES string of the molecule is CN=C(C)c1cccc(OCc2c(C3CC3)cccc2-n2nnn(C)c2=O)c1. The molecular weight excluding hydrogens is 354 g/mol. The van der Waals surface area contributed by atoms with Crippen LogP contribution in [-0.4, -0.2) is 32.5 Å². The number of tetrazole rings is 1. The van der Waals surface area contributed by atoms with Crippen LogP contribution < -0.4 is 10.4 Å². The number of nitrogens with zero attached hydrogens (tertiary/aromatic N) is 5. The quantitative estimate of drug-likeness (QED) is 0.619. The normalized spacial score (nSPS) is 14.3. The summed E-state index contributed by atoms with van der Waals surface area (Å²) >= 11 is 0. The Morgan fingerprint density at radius 2 is 2.00 bits per heavy atom. The minimum Gasteiger partial charge on any atom is -0.489 e. The lowest BCUT2D eigenvalue weighted by atomic mass is 10.0. The molecule has 7 nitrogen and oxygen atoms in total. The molecule has 1 aliphatic rings. The van der Waals surface area contributed by atoms with E-state index in [0.717, 1.165) is 41.1 Å². The highest BCUT2D eigenvalue weighted by Crippen LogP contribution is 2.43. The van der Waals surface area contributed by atoms with Crippen LogP contribution in [0.2, 0.25) is 0 Å². The number of aryl methyl sites for hydroxylation is 1. The van der Waals surface area contributed by atoms with E-state index in [1.165, 1.54) is 14.9 Å². The number of hydrogen-bond donors (Lipinski definition) is 0. The van der Waals surface area contributed by atoms with Crippen molar-refractivity contribution in [2.75, 3.05) is 7.05 Å². The van der Waals surface area contributed by atoms with Crippen molar-refractivity contribution in [1.29, 1.82) is 0 Å². The number of ether oxygens (including phenoxy) is 1. The van der Waals surface area contributed by atoms with Gasteiger partial charge in [0.15, 0.2) is 0 Å². The maximum Gasteiger partial charge on any atom is 0.368 e. The zero-order valence-corrected chi connectivity index (χ0v) is 16.3. The van der Waals surface area contributed by atoms with Crippen LogP contribution in [0.5, 0.6) is 5.75 Å². The second-order valence-electron chi connectivity index (χ2n) is 7.04. The summed E-state index contributed by atoms with van der Waals surface area (Å²) in [4.78, 5) is 16.6. The zero-order valence-electron chi connectivity index (χ0n) is 16.3. The van der Waals surface area contributed by atoms with Crippen LogP contribution in [0.1, 0.15) is 42.4 Å². The topological polar surface area (TPSA) is 74.3 Å². The van der Waals surface area contributed by atoms with Crippen molar-refractivity contribution in [3.63, 3.8) is 0 Å². The number of rotatable bonds is 6. The van der Waals surface area contributed by atoms with Crippen LogP contribution >= 0.6 is 0 Å². The summed E-state index contributed by atoms with van der Waals surface area (Å²) in [5.74, 6) is 1.29. The number of hydrogen-bond acceptors (Lipinski definition) is 5. The standard InChI is InChI=1S/C21H23N5O2/c1-14(22-2)16-6-4-7-17(12-16)28-13-19-18(15-10-11-15)8-5-9-20(19)26-21(27)25(3)23-24-26/h4-9,12,15H,10-11,13H2,1-3H3. The highest BCUT2D eigenvalue weighted by atomic mass is 16.5. The average molecular weight is 377 g/mol. The average Bonchev–Trinajstić information content (AvgIpc) is 3.52. The smallest absolute Gasteiger partial charge is 0.368 e. The third kappa shape index (κ3) is 3.47. The maximum absolute atomic E-state index is 12.4. The van der Waals surface area contributed by atoms with Crippen molar-refractivity contribution in [3.8, 4) is 11.4 Å². The molecule has 4 rings (SSSR count). The fraction of sp³-hybridized carbons (Fsp3) is 0.333. The van der Waals surface area contributed by atoms with Crippen molar-refractivity contribution in [1.82, 2.24) is 19.8 Å². The second kappa shape index (κ2) is 7.42. The van der Waals surface area contributed by atoms with Crippen molar-refractivity contribution in [2.24, 2.45) is 12.0 Å². The van der Waals surface area contributed by atoms with Crippen LogP contribution in [0.3, 0.4) is 0 Å². The van der Waals surface area contributed by atoms with Crippen molar-refractivity contribution >= 4 is 5.71 Å². The molecule has 2 aromatic carbocycles. The molecular formula is C21H23N5O2. The third-order valence-electron chi connectivity index (χ3n) is 5.12. The molecule has 0 bridgehead atoms. The monoisotopic (exact) mass is 377 g/mol. The van der Waals surface area contributed by atoms with E-state index >= 15 is 0 Å². The molecule has 1 fully saturated rings. The summed E-state index contributed by atoms with van der Waals surface area (Å²) in [5.41, 5.74) is 4.64. The summed E-state index contributed by atoms with van der Waals surface area (Å²) in [5, 5.41) is 7.86. The predicted octanol–water partition coefficient (Wildman–Crippen LogP) is 2.86. The number of aromatic nitrogens is 4. The summed E-state index contributed by atoms with van der Waals surface area (Å²) in [7, 11) is 3.37. The van der Waals surface area contributed by atoms with E-state index in [0.29, 0.717) is 12.5 Å². The van der Waals surface area contributed by atoms with Gasteiger partial charge in [-0.1, -0.05) is 24.3 Å². The van der Waals surface area contributed by atoms with Crippen molar-refractivity contribution in [3.05, 3.63) is 69.6 Å². The van der Waals surface area contributed by atoms with Gasteiger partial charge in [-0.05, 0) is 65.4 Å². The Labute approximate surface area is 163 Å². The van der Waals surface area contributed by atoms with E-state index in [4.69, 9.17) is 4.74 Å². The van der Waals surface area contributed by atoms with Gasteiger partial charge in [-0.3, -0.25) is 4.99 Å². The van der Waals surface area contributed by atoms with E-state index in [9.17, 15) is 4.79 Å². The summed E-state index contributed by atoms with van der Waals surface area (Å²) in [6.07, 6.45) is 2.32. The Kier molecular flexibility index (Phi) is 4.81. The van der Waals surface area contributed by atoms with E-state index in [1.807, 2.05) is 43.3 Å².